The lowest BCUT2D eigenvalue weighted by Gasteiger charge is -2.09. The van der Waals surface area contributed by atoms with Crippen LogP contribution in [0.4, 0.5) is 11.6 Å². The highest BCUT2D eigenvalue weighted by molar-refractivity contribution is 9.10. The van der Waals surface area contributed by atoms with Gasteiger partial charge in [-0.05, 0) is 25.1 Å². The Kier molecular flexibility index (Phi) is 4.78. The highest BCUT2D eigenvalue weighted by Gasteiger charge is 2.17. The highest BCUT2D eigenvalue weighted by atomic mass is 79.9. The average molecular weight is 425 g/mol. The van der Waals surface area contributed by atoms with Gasteiger partial charge < -0.3 is 21.4 Å². The normalized spacial score (nSPS) is 11.0. The van der Waals surface area contributed by atoms with Crippen molar-refractivity contribution in [3.05, 3.63) is 39.3 Å². The SMILES string of the molecule is CCn1c(CNC(=O)c2nc(Cl)c(N)nc2N)nc2cc(Br)ccc21. The Bertz CT molecular complexity index is 972. The number of rotatable bonds is 4. The van der Waals surface area contributed by atoms with Crippen molar-refractivity contribution in [2.45, 2.75) is 20.0 Å². The number of benzene rings is 1. The number of nitrogens with one attached hydrogen (secondary N) is 1. The van der Waals surface area contributed by atoms with Gasteiger partial charge in [0.2, 0.25) is 0 Å². The van der Waals surface area contributed by atoms with Crippen LogP contribution in [0.1, 0.15) is 23.2 Å². The van der Waals surface area contributed by atoms with Crippen molar-refractivity contribution < 1.29 is 4.79 Å². The van der Waals surface area contributed by atoms with Gasteiger partial charge in [0.05, 0.1) is 17.6 Å². The van der Waals surface area contributed by atoms with E-state index in [2.05, 4.69) is 36.2 Å². The van der Waals surface area contributed by atoms with E-state index < -0.39 is 5.91 Å². The van der Waals surface area contributed by atoms with E-state index in [0.717, 1.165) is 27.9 Å². The summed E-state index contributed by atoms with van der Waals surface area (Å²) in [6.45, 7) is 2.94. The van der Waals surface area contributed by atoms with E-state index in [9.17, 15) is 4.79 Å². The molecular weight excluding hydrogens is 410 g/mol. The zero-order valence-electron chi connectivity index (χ0n) is 13.3. The molecule has 0 aliphatic heterocycles. The van der Waals surface area contributed by atoms with Gasteiger partial charge in [0.1, 0.15) is 5.82 Å². The summed E-state index contributed by atoms with van der Waals surface area (Å²) in [7, 11) is 0. The second-order valence-corrected chi connectivity index (χ2v) is 6.50. The Morgan fingerprint density at radius 1 is 1.28 bits per heavy atom. The van der Waals surface area contributed by atoms with Crippen molar-refractivity contribution in [3.8, 4) is 0 Å². The van der Waals surface area contributed by atoms with Gasteiger partial charge in [-0.2, -0.15) is 0 Å². The summed E-state index contributed by atoms with van der Waals surface area (Å²) in [6, 6.07) is 5.85. The third-order valence-electron chi connectivity index (χ3n) is 3.63. The molecule has 0 spiro atoms. The van der Waals surface area contributed by atoms with Crippen molar-refractivity contribution in [1.82, 2.24) is 24.8 Å². The number of fused-ring (bicyclic) bond motifs is 1. The van der Waals surface area contributed by atoms with Gasteiger partial charge in [0.25, 0.3) is 5.91 Å². The van der Waals surface area contributed by atoms with E-state index in [1.54, 1.807) is 0 Å². The fraction of sp³-hybridized carbons (Fsp3) is 0.200. The number of hydrogen-bond acceptors (Lipinski definition) is 6. The number of halogens is 2. The zero-order chi connectivity index (χ0) is 18.1. The molecule has 0 aliphatic rings. The molecule has 5 N–H and O–H groups in total. The lowest BCUT2D eigenvalue weighted by atomic mass is 10.3. The Labute approximate surface area is 156 Å². The summed E-state index contributed by atoms with van der Waals surface area (Å²) in [5.41, 5.74) is 13.0. The number of carbonyl (C=O) groups is 1. The van der Waals surface area contributed by atoms with Crippen LogP contribution < -0.4 is 16.8 Å². The first kappa shape index (κ1) is 17.4. The number of aryl methyl sites for hydroxylation is 1. The first-order valence-electron chi connectivity index (χ1n) is 7.42. The number of anilines is 2. The summed E-state index contributed by atoms with van der Waals surface area (Å²) >= 11 is 9.24. The van der Waals surface area contributed by atoms with Gasteiger partial charge >= 0.3 is 0 Å². The molecule has 0 saturated carbocycles. The Morgan fingerprint density at radius 2 is 2.04 bits per heavy atom. The largest absolute Gasteiger partial charge is 0.382 e. The maximum absolute atomic E-state index is 12.3. The molecule has 0 fully saturated rings. The minimum atomic E-state index is -0.497. The van der Waals surface area contributed by atoms with E-state index in [-0.39, 0.29) is 29.0 Å². The van der Waals surface area contributed by atoms with Crippen molar-refractivity contribution in [2.75, 3.05) is 11.5 Å². The topological polar surface area (TPSA) is 125 Å². The predicted octanol–water partition coefficient (Wildman–Crippen LogP) is 2.36. The highest BCUT2D eigenvalue weighted by Crippen LogP contribution is 2.21. The van der Waals surface area contributed by atoms with Crippen LogP contribution >= 0.6 is 27.5 Å². The number of carbonyl (C=O) groups excluding carboxylic acids is 1. The number of nitrogens with zero attached hydrogens (tertiary/aromatic N) is 4. The van der Waals surface area contributed by atoms with Gasteiger partial charge in [0.15, 0.2) is 22.5 Å². The molecule has 25 heavy (non-hydrogen) atoms. The number of hydrogen-bond donors (Lipinski definition) is 3. The van der Waals surface area contributed by atoms with E-state index in [0.29, 0.717) is 0 Å². The number of nitrogen functional groups attached to an aromatic ring is 2. The van der Waals surface area contributed by atoms with Crippen molar-refractivity contribution in [1.29, 1.82) is 0 Å². The molecule has 0 radical (unpaired) electrons. The maximum atomic E-state index is 12.3. The van der Waals surface area contributed by atoms with Crippen LogP contribution in [0.5, 0.6) is 0 Å². The third kappa shape index (κ3) is 3.38. The molecule has 2 aromatic heterocycles. The van der Waals surface area contributed by atoms with E-state index in [1.807, 2.05) is 29.7 Å². The molecular formula is C15H15BrClN7O. The van der Waals surface area contributed by atoms with Crippen LogP contribution in [-0.2, 0) is 13.1 Å². The lowest BCUT2D eigenvalue weighted by molar-refractivity contribution is 0.0945. The molecule has 1 aromatic carbocycles. The smallest absolute Gasteiger partial charge is 0.274 e. The summed E-state index contributed by atoms with van der Waals surface area (Å²) in [5.74, 6) is 0.126. The summed E-state index contributed by atoms with van der Waals surface area (Å²) in [5, 5.41) is 2.67. The first-order chi connectivity index (χ1) is 11.9. The second-order valence-electron chi connectivity index (χ2n) is 5.22. The van der Waals surface area contributed by atoms with Crippen LogP contribution in [0.15, 0.2) is 22.7 Å². The number of nitrogens with two attached hydrogens (primary N) is 2. The first-order valence-corrected chi connectivity index (χ1v) is 8.59. The third-order valence-corrected chi connectivity index (χ3v) is 4.40. The Balaban J connectivity index is 1.85. The maximum Gasteiger partial charge on any atom is 0.274 e. The Hall–Kier alpha value is -2.39. The molecule has 130 valence electrons. The number of amides is 1. The molecule has 8 nitrogen and oxygen atoms in total. The van der Waals surface area contributed by atoms with Crippen molar-refractivity contribution in [2.24, 2.45) is 0 Å². The molecule has 2 heterocycles. The fourth-order valence-electron chi connectivity index (χ4n) is 2.49. The van der Waals surface area contributed by atoms with E-state index >= 15 is 0 Å². The molecule has 3 aromatic rings. The van der Waals surface area contributed by atoms with Crippen LogP contribution in [0.25, 0.3) is 11.0 Å². The molecule has 0 bridgehead atoms. The van der Waals surface area contributed by atoms with Crippen molar-refractivity contribution >= 4 is 56.1 Å². The quantitative estimate of drug-likeness (QED) is 0.590. The summed E-state index contributed by atoms with van der Waals surface area (Å²) in [6.07, 6.45) is 0. The van der Waals surface area contributed by atoms with Gasteiger partial charge in [-0.3, -0.25) is 4.79 Å². The molecule has 0 saturated heterocycles. The van der Waals surface area contributed by atoms with Gasteiger partial charge in [-0.25, -0.2) is 15.0 Å². The monoisotopic (exact) mass is 423 g/mol. The minimum absolute atomic E-state index is 0.0194. The molecule has 1 amide bonds. The van der Waals surface area contributed by atoms with Crippen molar-refractivity contribution in [3.63, 3.8) is 0 Å². The Morgan fingerprint density at radius 3 is 2.76 bits per heavy atom. The van der Waals surface area contributed by atoms with E-state index in [4.69, 9.17) is 23.1 Å². The molecule has 0 atom stereocenters. The van der Waals surface area contributed by atoms with Crippen LogP contribution in [0.2, 0.25) is 5.15 Å². The number of aromatic nitrogens is 4. The van der Waals surface area contributed by atoms with Crippen LogP contribution in [-0.4, -0.2) is 25.4 Å². The zero-order valence-corrected chi connectivity index (χ0v) is 15.6. The van der Waals surface area contributed by atoms with Crippen LogP contribution in [0, 0.1) is 0 Å². The molecule has 10 heteroatoms. The van der Waals surface area contributed by atoms with Crippen LogP contribution in [0.3, 0.4) is 0 Å². The molecule has 3 rings (SSSR count). The standard InChI is InChI=1S/C15H15BrClN7O/c1-2-24-9-4-3-7(16)5-8(9)21-10(24)6-20-15(25)11-13(18)23-14(19)12(17)22-11/h3-5H,2,6H2,1H3,(H,20,25)(H4,18,19,23). The second kappa shape index (κ2) is 6.85. The average Bonchev–Trinajstić information content (AvgIpc) is 2.92. The minimum Gasteiger partial charge on any atom is -0.382 e. The van der Waals surface area contributed by atoms with Gasteiger partial charge in [-0.15, -0.1) is 0 Å². The van der Waals surface area contributed by atoms with Gasteiger partial charge in [-0.1, -0.05) is 27.5 Å². The predicted molar refractivity (Wildman–Crippen MR) is 100 cm³/mol. The van der Waals surface area contributed by atoms with Gasteiger partial charge in [0, 0.05) is 11.0 Å². The fourth-order valence-corrected chi connectivity index (χ4v) is 2.97. The lowest BCUT2D eigenvalue weighted by Crippen LogP contribution is -2.27. The van der Waals surface area contributed by atoms with E-state index in [1.165, 1.54) is 0 Å². The molecule has 0 aliphatic carbocycles. The molecule has 0 unspecified atom stereocenters. The summed E-state index contributed by atoms with van der Waals surface area (Å²) in [4.78, 5) is 24.6. The number of imidazole rings is 1. The summed E-state index contributed by atoms with van der Waals surface area (Å²) < 4.78 is 2.96.